The summed E-state index contributed by atoms with van der Waals surface area (Å²) >= 11 is 7.14. The van der Waals surface area contributed by atoms with Crippen molar-refractivity contribution in [3.05, 3.63) is 58.7 Å². The molecule has 0 atom stereocenters. The largest absolute Gasteiger partial charge is 1.00 e. The van der Waals surface area contributed by atoms with Crippen LogP contribution in [0.4, 0.5) is 0 Å². The SMILES string of the molecule is CC[Si](Cl)=[Zr+2].Cc1c[c-](C)c(C)c1C.[Cl-].[Cl-].c1cc[cH-]c1. The van der Waals surface area contributed by atoms with Gasteiger partial charge in [0.05, 0.1) is 0 Å². The van der Waals surface area contributed by atoms with E-state index in [-0.39, 0.29) is 29.6 Å². The van der Waals surface area contributed by atoms with Gasteiger partial charge in [0.15, 0.2) is 0 Å². The van der Waals surface area contributed by atoms with Gasteiger partial charge >= 0.3 is 52.1 Å². The van der Waals surface area contributed by atoms with Crippen molar-refractivity contribution in [3.63, 3.8) is 0 Å². The monoisotopic (exact) mass is 438 g/mol. The first-order valence-corrected chi connectivity index (χ1v) is 12.9. The molecule has 0 N–H and O–H groups in total. The third-order valence-electron chi connectivity index (χ3n) is 3.04. The molecule has 2 aromatic rings. The number of hydrogen-bond donors (Lipinski definition) is 0. The molecule has 0 radical (unpaired) electrons. The van der Waals surface area contributed by atoms with Gasteiger partial charge in [-0.1, -0.05) is 27.7 Å². The second kappa shape index (κ2) is 15.6. The van der Waals surface area contributed by atoms with E-state index in [0.717, 1.165) is 0 Å². The number of rotatable bonds is 1. The van der Waals surface area contributed by atoms with Crippen molar-refractivity contribution >= 4 is 15.8 Å². The summed E-state index contributed by atoms with van der Waals surface area (Å²) in [5.41, 5.74) is 5.75. The zero-order valence-electron chi connectivity index (χ0n) is 13.3. The van der Waals surface area contributed by atoms with E-state index >= 15 is 0 Å². The summed E-state index contributed by atoms with van der Waals surface area (Å²) in [6, 6.07) is 13.5. The smallest absolute Gasteiger partial charge is 0.0630 e. The van der Waals surface area contributed by atoms with Crippen molar-refractivity contribution in [2.75, 3.05) is 0 Å². The van der Waals surface area contributed by atoms with Crippen LogP contribution in [0, 0.1) is 27.7 Å². The minimum absolute atomic E-state index is 0. The summed E-state index contributed by atoms with van der Waals surface area (Å²) < 4.78 is -0.312. The third-order valence-corrected chi connectivity index (χ3v) is 7.07. The van der Waals surface area contributed by atoms with Crippen molar-refractivity contribution < 1.29 is 48.1 Å². The van der Waals surface area contributed by atoms with Crippen LogP contribution in [0.1, 0.15) is 29.2 Å². The van der Waals surface area contributed by atoms with Gasteiger partial charge in [-0.25, -0.2) is 12.1 Å². The van der Waals surface area contributed by atoms with Crippen molar-refractivity contribution in [3.8, 4) is 0 Å². The minimum Gasteiger partial charge on any atom is -1.00 e. The zero-order valence-corrected chi connectivity index (χ0v) is 19.0. The molecule has 0 aromatic heterocycles. The fraction of sp³-hybridized carbons (Fsp3) is 0.375. The Kier molecular flexibility index (Phi) is 19.7. The summed E-state index contributed by atoms with van der Waals surface area (Å²) in [7, 11) is 0. The topological polar surface area (TPSA) is 0 Å². The molecule has 0 bridgehead atoms. The maximum atomic E-state index is 5.60. The van der Waals surface area contributed by atoms with Crippen molar-refractivity contribution in [1.29, 1.82) is 0 Å². The normalized spacial score (nSPS) is 8.19. The van der Waals surface area contributed by atoms with E-state index in [1.54, 1.807) is 0 Å². The first-order valence-electron chi connectivity index (χ1n) is 6.49. The van der Waals surface area contributed by atoms with Gasteiger partial charge in [0.1, 0.15) is 0 Å². The van der Waals surface area contributed by atoms with Crippen LogP contribution in [0.2, 0.25) is 6.04 Å². The summed E-state index contributed by atoms with van der Waals surface area (Å²) in [5, 5.41) is 0. The molecule has 0 fully saturated rings. The van der Waals surface area contributed by atoms with Crippen LogP contribution >= 0.6 is 11.1 Å². The van der Waals surface area contributed by atoms with Gasteiger partial charge in [-0.05, 0) is 0 Å². The van der Waals surface area contributed by atoms with Crippen LogP contribution < -0.4 is 24.8 Å². The average molecular weight is 441 g/mol. The summed E-state index contributed by atoms with van der Waals surface area (Å²) in [4.78, 5) is 0. The summed E-state index contributed by atoms with van der Waals surface area (Å²) in [5.74, 6) is 0. The Morgan fingerprint density at radius 1 is 1.19 bits per heavy atom. The van der Waals surface area contributed by atoms with Gasteiger partial charge in [0.2, 0.25) is 0 Å². The predicted octanol–water partition coefficient (Wildman–Crippen LogP) is -0.667. The van der Waals surface area contributed by atoms with E-state index in [4.69, 9.17) is 11.1 Å². The Morgan fingerprint density at radius 3 is 1.71 bits per heavy atom. The quantitative estimate of drug-likeness (QED) is 0.313. The minimum atomic E-state index is -0.312. The third kappa shape index (κ3) is 12.9. The Bertz CT molecular complexity index is 436. The van der Waals surface area contributed by atoms with Gasteiger partial charge < -0.3 is 24.8 Å². The molecule has 0 unspecified atom stereocenters. The molecular formula is C16H23Cl3SiZr-2. The molecule has 0 saturated heterocycles. The Labute approximate surface area is 162 Å². The van der Waals surface area contributed by atoms with Gasteiger partial charge in [0, 0.05) is 0 Å². The second-order valence-corrected chi connectivity index (χ2v) is 14.2. The zero-order chi connectivity index (χ0) is 14.8. The maximum absolute atomic E-state index is 5.60. The standard InChI is InChI=1S/C9H13.C5H5.C2H5ClSi.2ClH.Zr/c1-6-5-7(2)9(4)8(6)3;1-2-4-5-3-1;1-2-4-3;;;/h5H,1-4H3;1-5H;2H2,1H3;2*1H;/q2*-1;;;;+2/p-2. The molecule has 0 aliphatic rings. The van der Waals surface area contributed by atoms with E-state index in [9.17, 15) is 0 Å². The van der Waals surface area contributed by atoms with Gasteiger partial charge in [0.25, 0.3) is 0 Å². The van der Waals surface area contributed by atoms with Crippen LogP contribution in [0.15, 0.2) is 36.4 Å². The summed E-state index contributed by atoms with van der Waals surface area (Å²) in [6.07, 6.45) is 0. The molecule has 0 heterocycles. The fourth-order valence-corrected chi connectivity index (χ4v) is 1.45. The average Bonchev–Trinajstić information content (AvgIpc) is 3.01. The first kappa shape index (κ1) is 26.6. The number of halogens is 3. The molecule has 0 spiro atoms. The molecule has 2 aromatic carbocycles. The Balaban J connectivity index is -0.000000236. The molecule has 5 heteroatoms. The number of hydrogen-bond acceptors (Lipinski definition) is 0. The molecule has 0 nitrogen and oxygen atoms in total. The molecule has 0 aliphatic carbocycles. The van der Waals surface area contributed by atoms with E-state index in [2.05, 4.69) is 40.7 Å². The molecule has 21 heavy (non-hydrogen) atoms. The molecule has 0 saturated carbocycles. The van der Waals surface area contributed by atoms with E-state index in [1.165, 1.54) is 51.6 Å². The van der Waals surface area contributed by atoms with Crippen molar-refractivity contribution in [1.82, 2.24) is 0 Å². The summed E-state index contributed by atoms with van der Waals surface area (Å²) in [6.45, 7) is 10.8. The van der Waals surface area contributed by atoms with Crippen molar-refractivity contribution in [2.45, 2.75) is 40.7 Å². The van der Waals surface area contributed by atoms with Gasteiger partial charge in [-0.3, -0.25) is 0 Å². The van der Waals surface area contributed by atoms with Crippen molar-refractivity contribution in [2.24, 2.45) is 0 Å². The first-order chi connectivity index (χ1) is 8.90. The Hall–Kier alpha value is 0.670. The van der Waals surface area contributed by atoms with E-state index in [1.807, 2.05) is 30.3 Å². The molecule has 118 valence electrons. The maximum Gasteiger partial charge on any atom is -0.0630 e. The van der Waals surface area contributed by atoms with E-state index in [0.29, 0.717) is 0 Å². The molecular weight excluding hydrogens is 418 g/mol. The number of aryl methyl sites for hydroxylation is 2. The van der Waals surface area contributed by atoms with Crippen LogP contribution in [0.25, 0.3) is 0 Å². The molecule has 0 amide bonds. The predicted molar refractivity (Wildman–Crippen MR) is 85.1 cm³/mol. The van der Waals surface area contributed by atoms with Crippen LogP contribution in [0.5, 0.6) is 0 Å². The molecule has 2 rings (SSSR count). The van der Waals surface area contributed by atoms with Gasteiger partial charge in [-0.2, -0.15) is 46.5 Å². The van der Waals surface area contributed by atoms with Crippen LogP contribution in [-0.4, -0.2) is 4.74 Å². The second-order valence-electron chi connectivity index (χ2n) is 4.48. The van der Waals surface area contributed by atoms with E-state index < -0.39 is 0 Å². The molecule has 0 aliphatic heterocycles. The van der Waals surface area contributed by atoms with Gasteiger partial charge in [-0.15, -0.1) is 0 Å². The van der Waals surface area contributed by atoms with Crippen LogP contribution in [-0.2, 0) is 23.3 Å². The fourth-order valence-electron chi connectivity index (χ4n) is 1.45. The Morgan fingerprint density at radius 2 is 1.62 bits per heavy atom. The van der Waals surface area contributed by atoms with Crippen LogP contribution in [0.3, 0.4) is 0 Å².